The predicted octanol–water partition coefficient (Wildman–Crippen LogP) is 2.06. The first kappa shape index (κ1) is 20.0. The molecule has 8 nitrogen and oxygen atoms in total. The first-order valence-electron chi connectivity index (χ1n) is 10.6. The highest BCUT2D eigenvalue weighted by molar-refractivity contribution is 5.80. The van der Waals surface area contributed by atoms with Crippen LogP contribution in [0.1, 0.15) is 30.1 Å². The fraction of sp³-hybridized carbons (Fsp3) is 0.619. The molecule has 4 heterocycles. The van der Waals surface area contributed by atoms with Crippen LogP contribution >= 0.6 is 0 Å². The fourth-order valence-corrected chi connectivity index (χ4v) is 3.84. The SMILES string of the molecule is Cc1cc(CN2CCN(C(=NCC3CCCO3)NCCc3ccco3)CC2)no1. The molecule has 0 amide bonds. The van der Waals surface area contributed by atoms with Crippen LogP contribution in [-0.4, -0.2) is 72.9 Å². The molecule has 0 bridgehead atoms. The third kappa shape index (κ3) is 5.83. The van der Waals surface area contributed by atoms with Crippen molar-refractivity contribution in [2.24, 2.45) is 4.99 Å². The summed E-state index contributed by atoms with van der Waals surface area (Å²) in [7, 11) is 0. The smallest absolute Gasteiger partial charge is 0.194 e. The van der Waals surface area contributed by atoms with Crippen LogP contribution in [0.2, 0.25) is 0 Å². The van der Waals surface area contributed by atoms with Gasteiger partial charge in [0, 0.05) is 58.4 Å². The number of hydrogen-bond donors (Lipinski definition) is 1. The van der Waals surface area contributed by atoms with Crippen LogP contribution < -0.4 is 5.32 Å². The van der Waals surface area contributed by atoms with Crippen LogP contribution in [0.3, 0.4) is 0 Å². The number of aliphatic imine (C=N–C) groups is 1. The average molecular weight is 402 g/mol. The maximum atomic E-state index is 5.75. The second-order valence-corrected chi connectivity index (χ2v) is 7.75. The van der Waals surface area contributed by atoms with Gasteiger partial charge in [-0.3, -0.25) is 9.89 Å². The number of hydrogen-bond acceptors (Lipinski definition) is 6. The molecular formula is C21H31N5O3. The van der Waals surface area contributed by atoms with Crippen molar-refractivity contribution in [1.82, 2.24) is 20.3 Å². The van der Waals surface area contributed by atoms with Crippen molar-refractivity contribution in [3.05, 3.63) is 41.7 Å². The lowest BCUT2D eigenvalue weighted by molar-refractivity contribution is 0.117. The van der Waals surface area contributed by atoms with Crippen LogP contribution in [0.15, 0.2) is 38.4 Å². The number of guanidine groups is 1. The largest absolute Gasteiger partial charge is 0.469 e. The lowest BCUT2D eigenvalue weighted by atomic mass is 10.2. The van der Waals surface area contributed by atoms with E-state index in [0.717, 1.165) is 94.9 Å². The number of rotatable bonds is 7. The highest BCUT2D eigenvalue weighted by atomic mass is 16.5. The second kappa shape index (κ2) is 9.93. The summed E-state index contributed by atoms with van der Waals surface area (Å²) in [6, 6.07) is 5.95. The molecule has 8 heteroatoms. The maximum Gasteiger partial charge on any atom is 0.194 e. The Morgan fingerprint density at radius 2 is 2.21 bits per heavy atom. The highest BCUT2D eigenvalue weighted by Gasteiger charge is 2.22. The van der Waals surface area contributed by atoms with Gasteiger partial charge in [-0.1, -0.05) is 5.16 Å². The van der Waals surface area contributed by atoms with Gasteiger partial charge in [0.1, 0.15) is 11.5 Å². The molecule has 2 aliphatic heterocycles. The summed E-state index contributed by atoms with van der Waals surface area (Å²) < 4.78 is 16.4. The summed E-state index contributed by atoms with van der Waals surface area (Å²) >= 11 is 0. The molecular weight excluding hydrogens is 370 g/mol. The van der Waals surface area contributed by atoms with E-state index in [9.17, 15) is 0 Å². The van der Waals surface area contributed by atoms with Gasteiger partial charge in [-0.25, -0.2) is 0 Å². The van der Waals surface area contributed by atoms with Crippen molar-refractivity contribution in [1.29, 1.82) is 0 Å². The summed E-state index contributed by atoms with van der Waals surface area (Å²) in [6.45, 7) is 8.98. The Morgan fingerprint density at radius 1 is 1.31 bits per heavy atom. The third-order valence-corrected chi connectivity index (χ3v) is 5.44. The molecule has 2 fully saturated rings. The molecule has 0 saturated carbocycles. The zero-order valence-electron chi connectivity index (χ0n) is 17.2. The summed E-state index contributed by atoms with van der Waals surface area (Å²) in [6.07, 6.45) is 5.07. The van der Waals surface area contributed by atoms with E-state index in [4.69, 9.17) is 18.7 Å². The number of ether oxygens (including phenoxy) is 1. The van der Waals surface area contributed by atoms with E-state index in [1.807, 2.05) is 25.1 Å². The van der Waals surface area contributed by atoms with Gasteiger partial charge in [-0.15, -0.1) is 0 Å². The molecule has 2 saturated heterocycles. The quantitative estimate of drug-likeness (QED) is 0.562. The van der Waals surface area contributed by atoms with Gasteiger partial charge in [0.15, 0.2) is 5.96 Å². The molecule has 1 atom stereocenters. The van der Waals surface area contributed by atoms with E-state index in [1.54, 1.807) is 6.26 Å². The molecule has 2 aromatic heterocycles. The van der Waals surface area contributed by atoms with E-state index in [-0.39, 0.29) is 6.10 Å². The minimum atomic E-state index is 0.258. The molecule has 4 rings (SSSR count). The molecule has 1 unspecified atom stereocenters. The first-order chi connectivity index (χ1) is 14.3. The van der Waals surface area contributed by atoms with E-state index in [2.05, 4.69) is 20.3 Å². The van der Waals surface area contributed by atoms with Crippen LogP contribution in [0.5, 0.6) is 0 Å². The Hall–Kier alpha value is -2.32. The molecule has 29 heavy (non-hydrogen) atoms. The maximum absolute atomic E-state index is 5.75. The van der Waals surface area contributed by atoms with Gasteiger partial charge < -0.3 is 23.9 Å². The van der Waals surface area contributed by atoms with Crippen molar-refractivity contribution in [2.75, 3.05) is 45.9 Å². The Kier molecular flexibility index (Phi) is 6.84. The highest BCUT2D eigenvalue weighted by Crippen LogP contribution is 2.13. The minimum absolute atomic E-state index is 0.258. The summed E-state index contributed by atoms with van der Waals surface area (Å²) in [4.78, 5) is 9.65. The fourth-order valence-electron chi connectivity index (χ4n) is 3.84. The third-order valence-electron chi connectivity index (χ3n) is 5.44. The van der Waals surface area contributed by atoms with Crippen LogP contribution in [-0.2, 0) is 17.7 Å². The van der Waals surface area contributed by atoms with Gasteiger partial charge in [-0.2, -0.15) is 0 Å². The molecule has 1 N–H and O–H groups in total. The first-order valence-corrected chi connectivity index (χ1v) is 10.6. The van der Waals surface area contributed by atoms with E-state index >= 15 is 0 Å². The Balaban J connectivity index is 1.30. The van der Waals surface area contributed by atoms with Crippen molar-refractivity contribution in [3.8, 4) is 0 Å². The number of aryl methyl sites for hydroxylation is 1. The zero-order chi connectivity index (χ0) is 19.9. The molecule has 0 radical (unpaired) electrons. The predicted molar refractivity (Wildman–Crippen MR) is 110 cm³/mol. The van der Waals surface area contributed by atoms with Gasteiger partial charge in [-0.05, 0) is 31.9 Å². The van der Waals surface area contributed by atoms with Gasteiger partial charge >= 0.3 is 0 Å². The van der Waals surface area contributed by atoms with Gasteiger partial charge in [0.2, 0.25) is 0 Å². The monoisotopic (exact) mass is 401 g/mol. The number of aromatic nitrogens is 1. The topological polar surface area (TPSA) is 79.3 Å². The van der Waals surface area contributed by atoms with Crippen LogP contribution in [0.25, 0.3) is 0 Å². The van der Waals surface area contributed by atoms with Crippen molar-refractivity contribution in [2.45, 2.75) is 38.8 Å². The van der Waals surface area contributed by atoms with Crippen LogP contribution in [0.4, 0.5) is 0 Å². The number of nitrogens with one attached hydrogen (secondary N) is 1. The minimum Gasteiger partial charge on any atom is -0.469 e. The summed E-state index contributed by atoms with van der Waals surface area (Å²) in [5.41, 5.74) is 1.000. The summed E-state index contributed by atoms with van der Waals surface area (Å²) in [5, 5.41) is 7.65. The molecule has 0 spiro atoms. The van der Waals surface area contributed by atoms with E-state index in [0.29, 0.717) is 0 Å². The standard InChI is InChI=1S/C21H31N5O3/c1-17-14-18(24-29-17)16-25-8-10-26(11-9-25)21(23-15-20-5-3-13-28-20)22-7-6-19-4-2-12-27-19/h2,4,12,14,20H,3,5-11,13,15-16H2,1H3,(H,22,23). The zero-order valence-corrected chi connectivity index (χ0v) is 17.2. The number of piperazine rings is 1. The van der Waals surface area contributed by atoms with E-state index in [1.165, 1.54) is 0 Å². The number of nitrogens with zero attached hydrogens (tertiary/aromatic N) is 4. The van der Waals surface area contributed by atoms with Crippen molar-refractivity contribution < 1.29 is 13.7 Å². The van der Waals surface area contributed by atoms with Gasteiger partial charge in [0.25, 0.3) is 0 Å². The normalized spacial score (nSPS) is 21.1. The van der Waals surface area contributed by atoms with Crippen molar-refractivity contribution >= 4 is 5.96 Å². The van der Waals surface area contributed by atoms with Crippen molar-refractivity contribution in [3.63, 3.8) is 0 Å². The second-order valence-electron chi connectivity index (χ2n) is 7.75. The molecule has 2 aromatic rings. The Bertz CT molecular complexity index is 759. The lowest BCUT2D eigenvalue weighted by Gasteiger charge is -2.36. The molecule has 2 aliphatic rings. The lowest BCUT2D eigenvalue weighted by Crippen LogP contribution is -2.52. The molecule has 158 valence electrons. The Labute approximate surface area is 171 Å². The molecule has 0 aliphatic carbocycles. The molecule has 0 aromatic carbocycles. The number of furan rings is 1. The summed E-state index contributed by atoms with van der Waals surface area (Å²) in [5.74, 6) is 2.83. The van der Waals surface area contributed by atoms with Crippen LogP contribution in [0, 0.1) is 6.92 Å². The Morgan fingerprint density at radius 3 is 2.90 bits per heavy atom. The average Bonchev–Trinajstić information content (AvgIpc) is 3.49. The van der Waals surface area contributed by atoms with Gasteiger partial charge in [0.05, 0.1) is 24.6 Å². The van der Waals surface area contributed by atoms with E-state index < -0.39 is 0 Å².